The summed E-state index contributed by atoms with van der Waals surface area (Å²) in [5, 5.41) is 4.07. The largest absolute Gasteiger partial charge is 0.361 e. The number of H-pyrrole nitrogens is 1. The zero-order valence-corrected chi connectivity index (χ0v) is 11.8. The second kappa shape index (κ2) is 7.16. The van der Waals surface area contributed by atoms with Crippen molar-refractivity contribution in [2.75, 3.05) is 6.54 Å². The summed E-state index contributed by atoms with van der Waals surface area (Å²) < 4.78 is 0. The number of amides is 1. The van der Waals surface area contributed by atoms with Gasteiger partial charge in [-0.1, -0.05) is 25.1 Å². The van der Waals surface area contributed by atoms with Crippen molar-refractivity contribution in [3.63, 3.8) is 0 Å². The van der Waals surface area contributed by atoms with Crippen LogP contribution in [-0.2, 0) is 11.2 Å². The van der Waals surface area contributed by atoms with Gasteiger partial charge in [-0.25, -0.2) is 0 Å². The minimum Gasteiger partial charge on any atom is -0.361 e. The van der Waals surface area contributed by atoms with Gasteiger partial charge in [0.05, 0.1) is 6.04 Å². The summed E-state index contributed by atoms with van der Waals surface area (Å²) in [7, 11) is 0. The Morgan fingerprint density at radius 1 is 1.42 bits per heavy atom. The molecule has 2 aromatic rings. The number of aromatic amines is 1. The number of hydrogen-bond donors (Lipinski definition) is 3. The molecule has 1 aromatic carbocycles. The molecule has 4 N–H and O–H groups in total. The normalized spacial score (nSPS) is 11.9. The van der Waals surface area contributed by atoms with Gasteiger partial charge in [0.25, 0.3) is 0 Å². The van der Waals surface area contributed by atoms with Gasteiger partial charge in [0, 0.05) is 23.6 Å². The second-order valence-electron chi connectivity index (χ2n) is 4.42. The van der Waals surface area contributed by atoms with Crippen LogP contribution in [0.5, 0.6) is 0 Å². The minimum absolute atomic E-state index is 0. The molecular formula is C14H20ClN3O. The number of nitrogens with one attached hydrogen (secondary N) is 2. The van der Waals surface area contributed by atoms with Gasteiger partial charge in [0.15, 0.2) is 0 Å². The summed E-state index contributed by atoms with van der Waals surface area (Å²) >= 11 is 0. The number of hydrogen-bond acceptors (Lipinski definition) is 2. The quantitative estimate of drug-likeness (QED) is 0.784. The number of halogens is 1. The zero-order chi connectivity index (χ0) is 13.0. The van der Waals surface area contributed by atoms with E-state index in [-0.39, 0.29) is 18.3 Å². The van der Waals surface area contributed by atoms with Crippen molar-refractivity contribution in [2.24, 2.45) is 5.73 Å². The van der Waals surface area contributed by atoms with Crippen LogP contribution in [0.25, 0.3) is 10.9 Å². The van der Waals surface area contributed by atoms with Crippen LogP contribution in [0.2, 0.25) is 0 Å². The number of fused-ring (bicyclic) bond motifs is 1. The van der Waals surface area contributed by atoms with E-state index >= 15 is 0 Å². The van der Waals surface area contributed by atoms with Gasteiger partial charge in [-0.3, -0.25) is 4.79 Å². The molecule has 1 aromatic heterocycles. The first-order chi connectivity index (χ1) is 8.72. The van der Waals surface area contributed by atoms with Gasteiger partial charge in [0.1, 0.15) is 0 Å². The van der Waals surface area contributed by atoms with E-state index in [1.807, 2.05) is 31.3 Å². The summed E-state index contributed by atoms with van der Waals surface area (Å²) in [6.45, 7) is 2.53. The van der Waals surface area contributed by atoms with E-state index in [0.29, 0.717) is 13.0 Å². The molecule has 1 heterocycles. The van der Waals surface area contributed by atoms with Crippen LogP contribution in [-0.4, -0.2) is 23.5 Å². The maximum absolute atomic E-state index is 11.5. The van der Waals surface area contributed by atoms with E-state index < -0.39 is 6.04 Å². The smallest absolute Gasteiger partial charge is 0.236 e. The van der Waals surface area contributed by atoms with E-state index in [0.717, 1.165) is 11.9 Å². The van der Waals surface area contributed by atoms with Crippen LogP contribution in [0, 0.1) is 0 Å². The van der Waals surface area contributed by atoms with Gasteiger partial charge in [0.2, 0.25) is 5.91 Å². The molecule has 4 nitrogen and oxygen atoms in total. The fourth-order valence-corrected chi connectivity index (χ4v) is 1.98. The molecule has 0 unspecified atom stereocenters. The van der Waals surface area contributed by atoms with Crippen LogP contribution in [0.15, 0.2) is 30.5 Å². The topological polar surface area (TPSA) is 70.9 Å². The molecule has 5 heteroatoms. The molecule has 0 bridgehead atoms. The first-order valence-electron chi connectivity index (χ1n) is 6.30. The third-order valence-electron chi connectivity index (χ3n) is 3.15. The first kappa shape index (κ1) is 15.5. The monoisotopic (exact) mass is 281 g/mol. The van der Waals surface area contributed by atoms with Gasteiger partial charge in [-0.2, -0.15) is 0 Å². The molecule has 0 aliphatic heterocycles. The van der Waals surface area contributed by atoms with E-state index in [1.54, 1.807) is 0 Å². The average molecular weight is 282 g/mol. The standard InChI is InChI=1S/C14H19N3O.ClH/c1-2-12(15)14(18)16-8-7-10-9-17-13-6-4-3-5-11(10)13;/h3-6,9,12,17H,2,7-8,15H2,1H3,(H,16,18);1H/t12-;/m0./s1. The fraction of sp³-hybridized carbons (Fsp3) is 0.357. The minimum atomic E-state index is -0.395. The summed E-state index contributed by atoms with van der Waals surface area (Å²) in [6, 6.07) is 7.76. The lowest BCUT2D eigenvalue weighted by Gasteiger charge is -2.09. The average Bonchev–Trinajstić information content (AvgIpc) is 2.81. The van der Waals surface area contributed by atoms with Crippen LogP contribution in [0.4, 0.5) is 0 Å². The van der Waals surface area contributed by atoms with Crippen molar-refractivity contribution in [3.05, 3.63) is 36.0 Å². The summed E-state index contributed by atoms with van der Waals surface area (Å²) in [5.74, 6) is -0.0719. The Labute approximate surface area is 119 Å². The Bertz CT molecular complexity index is 538. The van der Waals surface area contributed by atoms with E-state index in [1.165, 1.54) is 10.9 Å². The molecule has 0 saturated heterocycles. The number of nitrogens with two attached hydrogens (primary N) is 1. The zero-order valence-electron chi connectivity index (χ0n) is 11.0. The van der Waals surface area contributed by atoms with Gasteiger partial charge >= 0.3 is 0 Å². The van der Waals surface area contributed by atoms with E-state index in [9.17, 15) is 4.79 Å². The third kappa shape index (κ3) is 3.72. The van der Waals surface area contributed by atoms with Crippen LogP contribution in [0.3, 0.4) is 0 Å². The maximum atomic E-state index is 11.5. The third-order valence-corrected chi connectivity index (χ3v) is 3.15. The molecule has 1 atom stereocenters. The molecule has 104 valence electrons. The summed E-state index contributed by atoms with van der Waals surface area (Å²) in [5.41, 5.74) is 8.00. The SMILES string of the molecule is CC[C@H](N)C(=O)NCCc1c[nH]c2ccccc12.Cl. The molecule has 1 amide bonds. The Hall–Kier alpha value is -1.52. The molecule has 0 aliphatic rings. The highest BCUT2D eigenvalue weighted by Gasteiger charge is 2.10. The second-order valence-corrected chi connectivity index (χ2v) is 4.42. The molecule has 0 spiro atoms. The number of aromatic nitrogens is 1. The number of carbonyl (C=O) groups excluding carboxylic acids is 1. The molecule has 19 heavy (non-hydrogen) atoms. The van der Waals surface area contributed by atoms with Crippen LogP contribution in [0.1, 0.15) is 18.9 Å². The first-order valence-corrected chi connectivity index (χ1v) is 6.30. The van der Waals surface area contributed by atoms with E-state index in [2.05, 4.69) is 16.4 Å². The Morgan fingerprint density at radius 3 is 2.89 bits per heavy atom. The highest BCUT2D eigenvalue weighted by atomic mass is 35.5. The lowest BCUT2D eigenvalue weighted by Crippen LogP contribution is -2.40. The van der Waals surface area contributed by atoms with Crippen molar-refractivity contribution in [3.8, 4) is 0 Å². The van der Waals surface area contributed by atoms with Crippen LogP contribution >= 0.6 is 12.4 Å². The summed E-state index contributed by atoms with van der Waals surface area (Å²) in [6.07, 6.45) is 3.47. The van der Waals surface area contributed by atoms with Gasteiger partial charge < -0.3 is 16.0 Å². The lowest BCUT2D eigenvalue weighted by atomic mass is 10.1. The Kier molecular flexibility index (Phi) is 5.86. The molecular weight excluding hydrogens is 262 g/mol. The predicted octanol–water partition coefficient (Wildman–Crippen LogP) is 1.99. The molecule has 0 fully saturated rings. The number of benzene rings is 1. The molecule has 0 radical (unpaired) electrons. The molecule has 0 aliphatic carbocycles. The Morgan fingerprint density at radius 2 is 2.16 bits per heavy atom. The van der Waals surface area contributed by atoms with Crippen LogP contribution < -0.4 is 11.1 Å². The van der Waals surface area contributed by atoms with Crippen molar-refractivity contribution in [2.45, 2.75) is 25.8 Å². The van der Waals surface area contributed by atoms with Gasteiger partial charge in [-0.05, 0) is 24.5 Å². The maximum Gasteiger partial charge on any atom is 0.236 e. The Balaban J connectivity index is 0.00000180. The highest BCUT2D eigenvalue weighted by molar-refractivity contribution is 5.85. The molecule has 2 rings (SSSR count). The van der Waals surface area contributed by atoms with Crippen molar-refractivity contribution >= 4 is 29.2 Å². The summed E-state index contributed by atoms with van der Waals surface area (Å²) in [4.78, 5) is 14.7. The van der Waals surface area contributed by atoms with E-state index in [4.69, 9.17) is 5.73 Å². The van der Waals surface area contributed by atoms with Crippen molar-refractivity contribution in [1.29, 1.82) is 0 Å². The predicted molar refractivity (Wildman–Crippen MR) is 80.5 cm³/mol. The molecule has 0 saturated carbocycles. The fourth-order valence-electron chi connectivity index (χ4n) is 1.98. The number of para-hydroxylation sites is 1. The highest BCUT2D eigenvalue weighted by Crippen LogP contribution is 2.17. The van der Waals surface area contributed by atoms with Crippen molar-refractivity contribution in [1.82, 2.24) is 10.3 Å². The lowest BCUT2D eigenvalue weighted by molar-refractivity contribution is -0.122. The van der Waals surface area contributed by atoms with Crippen molar-refractivity contribution < 1.29 is 4.79 Å². The van der Waals surface area contributed by atoms with Gasteiger partial charge in [-0.15, -0.1) is 12.4 Å². The number of rotatable bonds is 5. The number of carbonyl (C=O) groups is 1.